The molecule has 1 amide bonds. The second-order valence-corrected chi connectivity index (χ2v) is 4.67. The summed E-state index contributed by atoms with van der Waals surface area (Å²) in [6.45, 7) is 1.66. The van der Waals surface area contributed by atoms with E-state index >= 15 is 0 Å². The number of nitrogens with two attached hydrogens (primary N) is 1. The molecule has 5 heteroatoms. The Bertz CT molecular complexity index is 384. The van der Waals surface area contributed by atoms with Gasteiger partial charge < -0.3 is 10.6 Å². The molecule has 0 radical (unpaired) electrons. The number of nitrogens with zero attached hydrogens (tertiary/aromatic N) is 3. The van der Waals surface area contributed by atoms with Crippen LogP contribution in [0.5, 0.6) is 0 Å². The number of carbonyl (C=O) groups is 1. The minimum Gasteiger partial charge on any atom is -0.344 e. The Morgan fingerprint density at radius 1 is 1.65 bits per heavy atom. The molecule has 0 spiro atoms. The summed E-state index contributed by atoms with van der Waals surface area (Å²) in [5.41, 5.74) is 6.54. The lowest BCUT2D eigenvalue weighted by Crippen LogP contribution is -2.32. The summed E-state index contributed by atoms with van der Waals surface area (Å²) in [7, 11) is 1.81. The molecule has 0 unspecified atom stereocenters. The van der Waals surface area contributed by atoms with Gasteiger partial charge in [-0.2, -0.15) is 5.10 Å². The number of carbonyl (C=O) groups excluding carboxylic acids is 1. The maximum atomic E-state index is 11.8. The highest BCUT2D eigenvalue weighted by Gasteiger charge is 2.25. The lowest BCUT2D eigenvalue weighted by Gasteiger charge is -2.16. The van der Waals surface area contributed by atoms with Crippen molar-refractivity contribution in [3.05, 3.63) is 18.0 Å². The number of aromatic nitrogens is 2. The molecule has 17 heavy (non-hydrogen) atoms. The first kappa shape index (κ1) is 12.1. The zero-order chi connectivity index (χ0) is 12.3. The molecule has 1 fully saturated rings. The summed E-state index contributed by atoms with van der Waals surface area (Å²) in [5, 5.41) is 4.42. The molecule has 1 saturated carbocycles. The van der Waals surface area contributed by atoms with E-state index < -0.39 is 0 Å². The average molecular weight is 236 g/mol. The van der Waals surface area contributed by atoms with Gasteiger partial charge in [-0.05, 0) is 31.9 Å². The molecule has 0 aromatic carbocycles. The largest absolute Gasteiger partial charge is 0.344 e. The van der Waals surface area contributed by atoms with Crippen molar-refractivity contribution in [2.75, 3.05) is 20.1 Å². The number of hydrogen-bond acceptors (Lipinski definition) is 3. The molecular weight excluding hydrogens is 216 g/mol. The van der Waals surface area contributed by atoms with E-state index in [4.69, 9.17) is 5.73 Å². The van der Waals surface area contributed by atoms with Crippen molar-refractivity contribution in [3.8, 4) is 0 Å². The minimum absolute atomic E-state index is 0.0869. The molecule has 0 atom stereocenters. The molecule has 1 aliphatic carbocycles. The number of rotatable bonds is 6. The highest BCUT2D eigenvalue weighted by molar-refractivity contribution is 5.75. The lowest BCUT2D eigenvalue weighted by molar-refractivity contribution is -0.130. The zero-order valence-corrected chi connectivity index (χ0v) is 10.3. The highest BCUT2D eigenvalue weighted by Crippen LogP contribution is 2.38. The molecular formula is C12H20N4O. The first-order valence-electron chi connectivity index (χ1n) is 6.18. The van der Waals surface area contributed by atoms with Gasteiger partial charge in [0.05, 0.1) is 5.69 Å². The van der Waals surface area contributed by atoms with Crippen LogP contribution in [0.3, 0.4) is 0 Å². The van der Waals surface area contributed by atoms with Crippen molar-refractivity contribution in [1.82, 2.24) is 14.7 Å². The fraction of sp³-hybridized carbons (Fsp3) is 0.667. The second-order valence-electron chi connectivity index (χ2n) is 4.67. The molecule has 0 aliphatic heterocycles. The lowest BCUT2D eigenvalue weighted by atomic mass is 10.3. The number of hydrogen-bond donors (Lipinski definition) is 1. The van der Waals surface area contributed by atoms with E-state index in [2.05, 4.69) is 5.10 Å². The van der Waals surface area contributed by atoms with Crippen LogP contribution in [-0.2, 0) is 11.3 Å². The normalized spacial score (nSPS) is 14.9. The summed E-state index contributed by atoms with van der Waals surface area (Å²) in [6.07, 6.45) is 5.21. The molecule has 2 rings (SSSR count). The van der Waals surface area contributed by atoms with Crippen molar-refractivity contribution >= 4 is 5.91 Å². The van der Waals surface area contributed by atoms with Crippen molar-refractivity contribution in [1.29, 1.82) is 0 Å². The van der Waals surface area contributed by atoms with Gasteiger partial charge in [0, 0.05) is 25.7 Å². The fourth-order valence-corrected chi connectivity index (χ4v) is 1.77. The first-order chi connectivity index (χ1) is 8.20. The second kappa shape index (κ2) is 5.31. The quantitative estimate of drug-likeness (QED) is 0.785. The van der Waals surface area contributed by atoms with Gasteiger partial charge in [-0.1, -0.05) is 0 Å². The van der Waals surface area contributed by atoms with Gasteiger partial charge in [-0.15, -0.1) is 0 Å². The Labute approximate surface area is 102 Å². The van der Waals surface area contributed by atoms with E-state index in [1.807, 2.05) is 19.3 Å². The van der Waals surface area contributed by atoms with Crippen molar-refractivity contribution < 1.29 is 4.79 Å². The maximum absolute atomic E-state index is 11.8. The topological polar surface area (TPSA) is 64.2 Å². The first-order valence-corrected chi connectivity index (χ1v) is 6.18. The Morgan fingerprint density at radius 3 is 3.06 bits per heavy atom. The smallest absolute Gasteiger partial charge is 0.244 e. The highest BCUT2D eigenvalue weighted by atomic mass is 16.2. The predicted molar refractivity (Wildman–Crippen MR) is 65.5 cm³/mol. The summed E-state index contributed by atoms with van der Waals surface area (Å²) < 4.78 is 1.73. The third-order valence-corrected chi connectivity index (χ3v) is 3.08. The van der Waals surface area contributed by atoms with Crippen LogP contribution in [0.4, 0.5) is 0 Å². The van der Waals surface area contributed by atoms with Gasteiger partial charge in [0.1, 0.15) is 6.54 Å². The maximum Gasteiger partial charge on any atom is 0.244 e. The third-order valence-electron chi connectivity index (χ3n) is 3.08. The molecule has 5 nitrogen and oxygen atoms in total. The molecule has 94 valence electrons. The van der Waals surface area contributed by atoms with Crippen molar-refractivity contribution in [3.63, 3.8) is 0 Å². The van der Waals surface area contributed by atoms with Crippen LogP contribution in [0, 0.1) is 0 Å². The van der Waals surface area contributed by atoms with Crippen LogP contribution >= 0.6 is 0 Å². The van der Waals surface area contributed by atoms with Gasteiger partial charge in [0.2, 0.25) is 5.91 Å². The van der Waals surface area contributed by atoms with Crippen LogP contribution in [-0.4, -0.2) is 40.7 Å². The molecule has 1 heterocycles. The van der Waals surface area contributed by atoms with Gasteiger partial charge in [-0.25, -0.2) is 0 Å². The monoisotopic (exact) mass is 236 g/mol. The minimum atomic E-state index is 0.0869. The number of likely N-dealkylation sites (N-methyl/N-ethyl adjacent to an activating group) is 1. The van der Waals surface area contributed by atoms with Gasteiger partial charge in [0.25, 0.3) is 0 Å². The molecule has 2 N–H and O–H groups in total. The molecule has 1 aromatic rings. The van der Waals surface area contributed by atoms with E-state index in [9.17, 15) is 4.79 Å². The van der Waals surface area contributed by atoms with Crippen LogP contribution in [0.25, 0.3) is 0 Å². The van der Waals surface area contributed by atoms with Gasteiger partial charge in [-0.3, -0.25) is 9.48 Å². The standard InChI is InChI=1S/C12H20N4O/c1-15(7-2-6-13)12(17)9-16-8-5-11(14-16)10-3-4-10/h5,8,10H,2-4,6-7,9,13H2,1H3. The zero-order valence-electron chi connectivity index (χ0n) is 10.3. The molecule has 0 bridgehead atoms. The fourth-order valence-electron chi connectivity index (χ4n) is 1.77. The van der Waals surface area contributed by atoms with E-state index in [0.29, 0.717) is 25.6 Å². The van der Waals surface area contributed by atoms with E-state index in [1.165, 1.54) is 12.8 Å². The SMILES string of the molecule is CN(CCCN)C(=O)Cn1ccc(C2CC2)n1. The number of amides is 1. The Morgan fingerprint density at radius 2 is 2.41 bits per heavy atom. The third kappa shape index (κ3) is 3.30. The van der Waals surface area contributed by atoms with Gasteiger partial charge in [0.15, 0.2) is 0 Å². The van der Waals surface area contributed by atoms with Crippen LogP contribution in [0.1, 0.15) is 30.9 Å². The Kier molecular flexibility index (Phi) is 3.78. The Hall–Kier alpha value is -1.36. The van der Waals surface area contributed by atoms with E-state index in [1.54, 1.807) is 9.58 Å². The molecule has 1 aliphatic rings. The van der Waals surface area contributed by atoms with E-state index in [0.717, 1.165) is 12.1 Å². The van der Waals surface area contributed by atoms with Crippen LogP contribution in [0.2, 0.25) is 0 Å². The predicted octanol–water partition coefficient (Wildman–Crippen LogP) is 0.568. The van der Waals surface area contributed by atoms with Crippen molar-refractivity contribution in [2.45, 2.75) is 31.7 Å². The summed E-state index contributed by atoms with van der Waals surface area (Å²) >= 11 is 0. The van der Waals surface area contributed by atoms with E-state index in [-0.39, 0.29) is 5.91 Å². The van der Waals surface area contributed by atoms with Crippen molar-refractivity contribution in [2.24, 2.45) is 5.73 Å². The van der Waals surface area contributed by atoms with Gasteiger partial charge >= 0.3 is 0 Å². The Balaban J connectivity index is 1.83. The summed E-state index contributed by atoms with van der Waals surface area (Å²) in [5.74, 6) is 0.727. The average Bonchev–Trinajstić information content (AvgIpc) is 3.07. The molecule has 0 saturated heterocycles. The summed E-state index contributed by atoms with van der Waals surface area (Å²) in [6, 6.07) is 2.02. The molecule has 1 aromatic heterocycles. The summed E-state index contributed by atoms with van der Waals surface area (Å²) in [4.78, 5) is 13.6. The van der Waals surface area contributed by atoms with Crippen LogP contribution in [0.15, 0.2) is 12.3 Å². The van der Waals surface area contributed by atoms with Crippen LogP contribution < -0.4 is 5.73 Å².